The fraction of sp³-hybridized carbons (Fsp3) is 0.412. The zero-order valence-electron chi connectivity index (χ0n) is 25.4. The number of nitrogens with zero attached hydrogens (tertiary/aromatic N) is 6. The number of pyridine rings is 1. The summed E-state index contributed by atoms with van der Waals surface area (Å²) >= 11 is 8.21. The lowest BCUT2D eigenvalue weighted by Crippen LogP contribution is -2.51. The van der Waals surface area contributed by atoms with Crippen molar-refractivity contribution in [3.05, 3.63) is 47.5 Å². The Labute approximate surface area is 277 Å². The molecule has 0 saturated carbocycles. The van der Waals surface area contributed by atoms with Crippen molar-refractivity contribution in [2.45, 2.75) is 55.9 Å². The number of halogens is 3. The molecule has 0 aliphatic carbocycles. The van der Waals surface area contributed by atoms with Crippen LogP contribution in [0.15, 0.2) is 36.7 Å². The lowest BCUT2D eigenvalue weighted by Gasteiger charge is -2.34. The van der Waals surface area contributed by atoms with Gasteiger partial charge in [-0.05, 0) is 55.8 Å². The van der Waals surface area contributed by atoms with Crippen LogP contribution < -0.4 is 15.0 Å². The molecule has 47 heavy (non-hydrogen) atoms. The third-order valence-electron chi connectivity index (χ3n) is 10.8. The summed E-state index contributed by atoms with van der Waals surface area (Å²) in [7, 11) is 0. The summed E-state index contributed by atoms with van der Waals surface area (Å²) in [6.45, 7) is 3.41. The van der Waals surface area contributed by atoms with E-state index in [1.165, 1.54) is 17.4 Å². The lowest BCUT2D eigenvalue weighted by molar-refractivity contribution is 0.107. The standard InChI is InChI=1S/C34H31ClF2N8OS/c35-28-23(37)5-2-17-10-24-22(12-39-43-24)26(25(17)28)29-30-21(6-8-38-29)27-31(44-14-19-3-4-20(15-44)40-19)41-33(42-32(27)47-30)46-16-34-7-1-9-45(34)13-18(36)11-34/h2,5-6,8,10,12,18-20,40H,1,3-4,7,9,11,13-16H2,(H,39,43)/t18?,19?,20?,34-/m0/s1. The predicted molar refractivity (Wildman–Crippen MR) is 181 cm³/mol. The Morgan fingerprint density at radius 3 is 2.83 bits per heavy atom. The highest BCUT2D eigenvalue weighted by Gasteiger charge is 2.49. The van der Waals surface area contributed by atoms with Gasteiger partial charge in [0.2, 0.25) is 0 Å². The lowest BCUT2D eigenvalue weighted by atomic mass is 9.95. The van der Waals surface area contributed by atoms with Crippen molar-refractivity contribution in [3.63, 3.8) is 0 Å². The molecule has 4 fully saturated rings. The van der Waals surface area contributed by atoms with Crippen LogP contribution in [0.1, 0.15) is 32.1 Å². The Morgan fingerprint density at radius 1 is 1.09 bits per heavy atom. The Bertz CT molecular complexity index is 2230. The fourth-order valence-corrected chi connectivity index (χ4v) is 10.2. The molecule has 2 N–H and O–H groups in total. The summed E-state index contributed by atoms with van der Waals surface area (Å²) in [5, 5.41) is 15.3. The third kappa shape index (κ3) is 4.30. The minimum atomic E-state index is -0.833. The normalized spacial score (nSPS) is 26.0. The van der Waals surface area contributed by atoms with Gasteiger partial charge in [0.05, 0.1) is 38.1 Å². The van der Waals surface area contributed by atoms with Gasteiger partial charge in [0.15, 0.2) is 0 Å². The van der Waals surface area contributed by atoms with Crippen LogP contribution in [0.2, 0.25) is 5.02 Å². The molecule has 240 valence electrons. The number of aromatic amines is 1. The van der Waals surface area contributed by atoms with Crippen molar-refractivity contribution in [1.82, 2.24) is 35.4 Å². The van der Waals surface area contributed by atoms with Crippen LogP contribution >= 0.6 is 22.9 Å². The molecule has 13 heteroatoms. The summed E-state index contributed by atoms with van der Waals surface area (Å²) in [6, 6.07) is 8.18. The first-order valence-electron chi connectivity index (χ1n) is 16.3. The van der Waals surface area contributed by atoms with E-state index in [2.05, 4.69) is 25.3 Å². The number of alkyl halides is 1. The van der Waals surface area contributed by atoms with Crippen LogP contribution in [0.3, 0.4) is 0 Å². The molecule has 8 heterocycles. The molecular weight excluding hydrogens is 642 g/mol. The second kappa shape index (κ2) is 10.4. The number of rotatable bonds is 5. The maximum atomic E-state index is 15.0. The number of hydrogen-bond acceptors (Lipinski definition) is 9. The Morgan fingerprint density at radius 2 is 1.96 bits per heavy atom. The quantitative estimate of drug-likeness (QED) is 0.211. The van der Waals surface area contributed by atoms with E-state index < -0.39 is 12.0 Å². The highest BCUT2D eigenvalue weighted by molar-refractivity contribution is 7.26. The molecule has 3 unspecified atom stereocenters. The average molecular weight is 673 g/mol. The van der Waals surface area contributed by atoms with Crippen LogP contribution in [-0.2, 0) is 0 Å². The molecule has 2 bridgehead atoms. The molecule has 6 aromatic rings. The van der Waals surface area contributed by atoms with Crippen LogP contribution in [-0.4, -0.2) is 86.6 Å². The molecule has 10 rings (SSSR count). The molecule has 0 spiro atoms. The van der Waals surface area contributed by atoms with Gasteiger partial charge in [-0.15, -0.1) is 11.3 Å². The molecule has 0 radical (unpaired) electrons. The summed E-state index contributed by atoms with van der Waals surface area (Å²) in [4.78, 5) is 20.4. The number of ether oxygens (including phenoxy) is 1. The van der Waals surface area contributed by atoms with Crippen LogP contribution in [0.25, 0.3) is 53.2 Å². The maximum Gasteiger partial charge on any atom is 0.319 e. The van der Waals surface area contributed by atoms with Crippen molar-refractivity contribution in [1.29, 1.82) is 0 Å². The monoisotopic (exact) mass is 672 g/mol. The van der Waals surface area contributed by atoms with Gasteiger partial charge in [0, 0.05) is 66.1 Å². The Hall–Kier alpha value is -3.71. The van der Waals surface area contributed by atoms with Crippen molar-refractivity contribution >= 4 is 70.7 Å². The largest absolute Gasteiger partial charge is 0.461 e. The molecule has 4 aromatic heterocycles. The maximum absolute atomic E-state index is 15.0. The number of fused-ring (bicyclic) bond motifs is 8. The number of thiophene rings is 1. The minimum Gasteiger partial charge on any atom is -0.461 e. The van der Waals surface area contributed by atoms with Crippen LogP contribution in [0, 0.1) is 5.82 Å². The molecule has 0 amide bonds. The average Bonchev–Trinajstić information content (AvgIpc) is 3.89. The molecule has 9 nitrogen and oxygen atoms in total. The van der Waals surface area contributed by atoms with Crippen molar-refractivity contribution in [3.8, 4) is 17.3 Å². The van der Waals surface area contributed by atoms with Crippen molar-refractivity contribution in [2.75, 3.05) is 37.7 Å². The first-order chi connectivity index (χ1) is 22.9. The van der Waals surface area contributed by atoms with Gasteiger partial charge in [0.1, 0.15) is 29.2 Å². The topological polar surface area (TPSA) is 95.1 Å². The minimum absolute atomic E-state index is 0.0516. The van der Waals surface area contributed by atoms with Gasteiger partial charge in [0.25, 0.3) is 0 Å². The number of piperazine rings is 1. The highest BCUT2D eigenvalue weighted by Crippen LogP contribution is 2.47. The number of aromatic nitrogens is 5. The SMILES string of the molecule is Fc1ccc2cc3[nH]ncc3c(-c3nccc4c3sc3nc(OC[C@@]56CCCN5CC(F)C6)nc(N5CC6CCC(C5)N6)c34)c2c1Cl. The molecule has 2 aromatic carbocycles. The van der Waals surface area contributed by atoms with E-state index in [-0.39, 0.29) is 10.6 Å². The summed E-state index contributed by atoms with van der Waals surface area (Å²) in [5.74, 6) is 0.356. The second-order valence-electron chi connectivity index (χ2n) is 13.6. The van der Waals surface area contributed by atoms with E-state index in [0.717, 1.165) is 93.3 Å². The molecule has 4 saturated heterocycles. The van der Waals surface area contributed by atoms with Gasteiger partial charge >= 0.3 is 6.01 Å². The zero-order valence-corrected chi connectivity index (χ0v) is 27.0. The molecule has 4 aliphatic heterocycles. The third-order valence-corrected chi connectivity index (χ3v) is 12.3. The number of H-pyrrole nitrogens is 1. The fourth-order valence-electron chi connectivity index (χ4n) is 8.73. The van der Waals surface area contributed by atoms with Gasteiger partial charge < -0.3 is 15.0 Å². The van der Waals surface area contributed by atoms with Gasteiger partial charge in [-0.3, -0.25) is 15.0 Å². The smallest absolute Gasteiger partial charge is 0.319 e. The number of hydrogen-bond donors (Lipinski definition) is 2. The summed E-state index contributed by atoms with van der Waals surface area (Å²) in [5.41, 5.74) is 1.92. The first-order valence-corrected chi connectivity index (χ1v) is 17.5. The number of benzene rings is 2. The Kier molecular flexibility index (Phi) is 6.26. The van der Waals surface area contributed by atoms with E-state index in [4.69, 9.17) is 31.3 Å². The Balaban J connectivity index is 1.17. The molecule has 4 atom stereocenters. The number of nitrogens with one attached hydrogen (secondary N) is 2. The van der Waals surface area contributed by atoms with Crippen molar-refractivity contribution < 1.29 is 13.5 Å². The zero-order chi connectivity index (χ0) is 31.4. The van der Waals surface area contributed by atoms with Gasteiger partial charge in [-0.2, -0.15) is 15.1 Å². The van der Waals surface area contributed by atoms with E-state index in [9.17, 15) is 8.78 Å². The van der Waals surface area contributed by atoms with Crippen molar-refractivity contribution in [2.24, 2.45) is 0 Å². The predicted octanol–water partition coefficient (Wildman–Crippen LogP) is 6.62. The van der Waals surface area contributed by atoms with E-state index >= 15 is 0 Å². The molecule has 4 aliphatic rings. The van der Waals surface area contributed by atoms with Crippen LogP contribution in [0.4, 0.5) is 14.6 Å². The molecular formula is C34H31ClF2N8OS. The summed E-state index contributed by atoms with van der Waals surface area (Å²) < 4.78 is 36.9. The number of anilines is 1. The van der Waals surface area contributed by atoms with E-state index in [1.807, 2.05) is 12.1 Å². The van der Waals surface area contributed by atoms with Gasteiger partial charge in [-0.25, -0.2) is 8.78 Å². The first kappa shape index (κ1) is 28.3. The van der Waals surface area contributed by atoms with E-state index in [1.54, 1.807) is 18.5 Å². The second-order valence-corrected chi connectivity index (χ2v) is 15.0. The van der Waals surface area contributed by atoms with E-state index in [0.29, 0.717) is 48.7 Å². The van der Waals surface area contributed by atoms with Crippen LogP contribution in [0.5, 0.6) is 6.01 Å². The van der Waals surface area contributed by atoms with Gasteiger partial charge in [-0.1, -0.05) is 17.7 Å². The summed E-state index contributed by atoms with van der Waals surface area (Å²) in [6.07, 6.45) is 7.42. The highest BCUT2D eigenvalue weighted by atomic mass is 35.5.